The van der Waals surface area contributed by atoms with Gasteiger partial charge in [-0.05, 0) is 40.2 Å². The Bertz CT molecular complexity index is 904. The van der Waals surface area contributed by atoms with Gasteiger partial charge in [-0.2, -0.15) is 5.26 Å². The highest BCUT2D eigenvalue weighted by Gasteiger charge is 2.20. The number of nitrogens with zero attached hydrogens (tertiary/aromatic N) is 1. The van der Waals surface area contributed by atoms with Gasteiger partial charge in [-0.25, -0.2) is 0 Å². The van der Waals surface area contributed by atoms with Crippen LogP contribution < -0.4 is 10.2 Å². The van der Waals surface area contributed by atoms with Crippen LogP contribution in [-0.4, -0.2) is 6.61 Å². The Morgan fingerprint density at radius 3 is 2.71 bits per heavy atom. The van der Waals surface area contributed by atoms with Gasteiger partial charge in [0.25, 0.3) is 0 Å². The second-order valence-corrected chi connectivity index (χ2v) is 4.92. The van der Waals surface area contributed by atoms with Crippen LogP contribution in [0.2, 0.25) is 0 Å². The first kappa shape index (κ1) is 13.5. The number of ether oxygens (including phenoxy) is 1. The molecule has 6 heteroatoms. The molecular formula is C15H8BrNO4. The lowest BCUT2D eigenvalue weighted by Crippen LogP contribution is -2.10. The van der Waals surface area contributed by atoms with E-state index in [0.29, 0.717) is 21.4 Å². The molecule has 2 aromatic heterocycles. The van der Waals surface area contributed by atoms with Gasteiger partial charge in [0, 0.05) is 0 Å². The molecule has 0 unspecified atom stereocenters. The number of halogens is 1. The molecule has 0 aliphatic carbocycles. The van der Waals surface area contributed by atoms with Gasteiger partial charge in [-0.1, -0.05) is 12.1 Å². The Labute approximate surface area is 127 Å². The van der Waals surface area contributed by atoms with E-state index in [1.165, 1.54) is 0 Å². The number of benzene rings is 1. The molecule has 0 amide bonds. The Morgan fingerprint density at radius 1 is 1.19 bits per heavy atom. The van der Waals surface area contributed by atoms with Gasteiger partial charge in [0.15, 0.2) is 17.0 Å². The molecule has 0 spiro atoms. The average molecular weight is 346 g/mol. The van der Waals surface area contributed by atoms with Crippen LogP contribution in [-0.2, 0) is 0 Å². The minimum atomic E-state index is -0.338. The van der Waals surface area contributed by atoms with Crippen LogP contribution >= 0.6 is 15.9 Å². The molecule has 0 N–H and O–H groups in total. The van der Waals surface area contributed by atoms with Crippen molar-refractivity contribution in [2.45, 2.75) is 0 Å². The monoisotopic (exact) mass is 345 g/mol. The van der Waals surface area contributed by atoms with Crippen molar-refractivity contribution in [3.8, 4) is 23.3 Å². The number of hydrogen-bond donors (Lipinski definition) is 0. The summed E-state index contributed by atoms with van der Waals surface area (Å²) in [5.41, 5.74) is 0.0870. The van der Waals surface area contributed by atoms with Crippen LogP contribution in [0.5, 0.6) is 5.75 Å². The fourth-order valence-corrected chi connectivity index (χ4v) is 2.27. The third-order valence-corrected chi connectivity index (χ3v) is 3.26. The SMILES string of the molecule is N#CCOc1c(-c2ccc(Br)o2)oc2ccccc2c1=O. The summed E-state index contributed by atoms with van der Waals surface area (Å²) in [6.45, 7) is -0.252. The summed E-state index contributed by atoms with van der Waals surface area (Å²) in [6, 6.07) is 12.0. The Balaban J connectivity index is 2.30. The fraction of sp³-hybridized carbons (Fsp3) is 0.0667. The summed E-state index contributed by atoms with van der Waals surface area (Å²) in [5.74, 6) is 0.481. The molecule has 0 aliphatic rings. The van der Waals surface area contributed by atoms with Gasteiger partial charge in [-0.3, -0.25) is 4.79 Å². The zero-order valence-corrected chi connectivity index (χ0v) is 12.2. The van der Waals surface area contributed by atoms with Crippen LogP contribution in [0.15, 0.2) is 54.7 Å². The van der Waals surface area contributed by atoms with Crippen LogP contribution in [0.25, 0.3) is 22.5 Å². The average Bonchev–Trinajstić information content (AvgIpc) is 2.93. The number of furan rings is 1. The first-order valence-electron chi connectivity index (χ1n) is 6.02. The van der Waals surface area contributed by atoms with Crippen molar-refractivity contribution in [2.24, 2.45) is 0 Å². The smallest absolute Gasteiger partial charge is 0.235 e. The lowest BCUT2D eigenvalue weighted by atomic mass is 10.2. The van der Waals surface area contributed by atoms with Gasteiger partial charge in [0.05, 0.1) is 5.39 Å². The van der Waals surface area contributed by atoms with Crippen LogP contribution in [0.3, 0.4) is 0 Å². The molecule has 0 bridgehead atoms. The summed E-state index contributed by atoms with van der Waals surface area (Å²) in [5, 5.41) is 9.05. The van der Waals surface area contributed by atoms with Crippen molar-refractivity contribution >= 4 is 26.9 Å². The summed E-state index contributed by atoms with van der Waals surface area (Å²) in [4.78, 5) is 12.5. The zero-order chi connectivity index (χ0) is 14.8. The largest absolute Gasteiger partial charge is 0.471 e. The Kier molecular flexibility index (Phi) is 3.50. The minimum absolute atomic E-state index is 0.0305. The molecule has 1 aromatic carbocycles. The van der Waals surface area contributed by atoms with Gasteiger partial charge >= 0.3 is 0 Å². The van der Waals surface area contributed by atoms with Crippen LogP contribution in [0.4, 0.5) is 0 Å². The van der Waals surface area contributed by atoms with Gasteiger partial charge < -0.3 is 13.6 Å². The highest BCUT2D eigenvalue weighted by Crippen LogP contribution is 2.33. The highest BCUT2D eigenvalue weighted by molar-refractivity contribution is 9.10. The van der Waals surface area contributed by atoms with E-state index >= 15 is 0 Å². The summed E-state index contributed by atoms with van der Waals surface area (Å²) >= 11 is 3.20. The van der Waals surface area contributed by atoms with Gasteiger partial charge in [-0.15, -0.1) is 0 Å². The molecule has 3 aromatic rings. The lowest BCUT2D eigenvalue weighted by molar-refractivity contribution is 0.353. The van der Waals surface area contributed by atoms with Crippen molar-refractivity contribution in [2.75, 3.05) is 6.61 Å². The van der Waals surface area contributed by atoms with E-state index in [0.717, 1.165) is 0 Å². The summed E-state index contributed by atoms with van der Waals surface area (Å²) in [6.07, 6.45) is 0. The predicted octanol–water partition coefficient (Wildman–Crippen LogP) is 3.72. The van der Waals surface area contributed by atoms with E-state index in [2.05, 4.69) is 15.9 Å². The van der Waals surface area contributed by atoms with Crippen molar-refractivity contribution in [1.29, 1.82) is 5.26 Å². The maximum atomic E-state index is 12.5. The van der Waals surface area contributed by atoms with E-state index < -0.39 is 0 Å². The maximum Gasteiger partial charge on any atom is 0.235 e. The predicted molar refractivity (Wildman–Crippen MR) is 79.0 cm³/mol. The molecule has 104 valence electrons. The van der Waals surface area contributed by atoms with Crippen molar-refractivity contribution in [1.82, 2.24) is 0 Å². The summed E-state index contributed by atoms with van der Waals surface area (Å²) in [7, 11) is 0. The summed E-state index contributed by atoms with van der Waals surface area (Å²) < 4.78 is 16.9. The zero-order valence-electron chi connectivity index (χ0n) is 10.6. The standard InChI is InChI=1S/C15H8BrNO4/c16-12-6-5-11(20-12)14-15(19-8-7-17)13(18)9-3-1-2-4-10(9)21-14/h1-6H,8H2. The molecular weight excluding hydrogens is 338 g/mol. The van der Waals surface area contributed by atoms with Crippen molar-refractivity contribution in [3.63, 3.8) is 0 Å². The van der Waals surface area contributed by atoms with E-state index in [9.17, 15) is 4.79 Å². The topological polar surface area (TPSA) is 76.4 Å². The third kappa shape index (κ3) is 2.43. The molecule has 0 aliphatic heterocycles. The molecule has 0 atom stereocenters. The fourth-order valence-electron chi connectivity index (χ4n) is 1.96. The van der Waals surface area contributed by atoms with E-state index in [1.54, 1.807) is 36.4 Å². The van der Waals surface area contributed by atoms with E-state index in [4.69, 9.17) is 18.8 Å². The molecule has 0 fully saturated rings. The van der Waals surface area contributed by atoms with Gasteiger partial charge in [0.1, 0.15) is 11.7 Å². The van der Waals surface area contributed by atoms with Crippen molar-refractivity contribution < 1.29 is 13.6 Å². The molecule has 5 nitrogen and oxygen atoms in total. The normalized spacial score (nSPS) is 10.5. The van der Waals surface area contributed by atoms with Crippen LogP contribution in [0.1, 0.15) is 0 Å². The number of nitriles is 1. The molecule has 21 heavy (non-hydrogen) atoms. The third-order valence-electron chi connectivity index (χ3n) is 2.83. The lowest BCUT2D eigenvalue weighted by Gasteiger charge is -2.07. The van der Waals surface area contributed by atoms with Crippen molar-refractivity contribution in [3.05, 3.63) is 51.3 Å². The second kappa shape index (κ2) is 5.46. The maximum absolute atomic E-state index is 12.5. The second-order valence-electron chi connectivity index (χ2n) is 4.14. The molecule has 0 saturated heterocycles. The molecule has 3 rings (SSSR count). The number of hydrogen-bond acceptors (Lipinski definition) is 5. The molecule has 0 saturated carbocycles. The van der Waals surface area contributed by atoms with E-state index in [1.807, 2.05) is 6.07 Å². The molecule has 0 radical (unpaired) electrons. The number of para-hydroxylation sites is 1. The highest BCUT2D eigenvalue weighted by atomic mass is 79.9. The van der Waals surface area contributed by atoms with Crippen LogP contribution in [0, 0.1) is 11.3 Å². The first-order valence-corrected chi connectivity index (χ1v) is 6.81. The first-order chi connectivity index (χ1) is 10.2. The number of rotatable bonds is 3. The Hall–Kier alpha value is -2.52. The van der Waals surface area contributed by atoms with Gasteiger partial charge in [0.2, 0.25) is 16.9 Å². The Morgan fingerprint density at radius 2 is 2.00 bits per heavy atom. The quantitative estimate of drug-likeness (QED) is 0.722. The number of fused-ring (bicyclic) bond motifs is 1. The van der Waals surface area contributed by atoms with E-state index in [-0.39, 0.29) is 23.5 Å². The minimum Gasteiger partial charge on any atom is -0.471 e. The molecule has 2 heterocycles.